The molecule has 1 rings (SSSR count). The van der Waals surface area contributed by atoms with Crippen molar-refractivity contribution in [1.82, 2.24) is 10.6 Å². The second-order valence-corrected chi connectivity index (χ2v) is 6.50. The number of rotatable bonds is 8. The molecule has 19 heavy (non-hydrogen) atoms. The number of carbonyl (C=O) groups excluding carboxylic acids is 1. The third-order valence-corrected chi connectivity index (χ3v) is 4.32. The molecule has 1 heterocycles. The molecule has 1 atom stereocenters. The summed E-state index contributed by atoms with van der Waals surface area (Å²) in [5.41, 5.74) is -0.123. The molecule has 108 valence electrons. The van der Waals surface area contributed by atoms with Gasteiger partial charge in [0.1, 0.15) is 0 Å². The fourth-order valence-corrected chi connectivity index (χ4v) is 2.69. The lowest BCUT2D eigenvalue weighted by atomic mass is 10.0. The molecule has 2 N–H and O–H groups in total. The van der Waals surface area contributed by atoms with Crippen LogP contribution in [-0.2, 0) is 4.79 Å². The van der Waals surface area contributed by atoms with Gasteiger partial charge in [-0.25, -0.2) is 0 Å². The molecule has 0 aliphatic rings. The monoisotopic (exact) mass is 282 g/mol. The van der Waals surface area contributed by atoms with Gasteiger partial charge in [-0.15, -0.1) is 11.3 Å². The highest BCUT2D eigenvalue weighted by atomic mass is 32.1. The van der Waals surface area contributed by atoms with Crippen LogP contribution in [0.2, 0.25) is 0 Å². The van der Waals surface area contributed by atoms with Crippen LogP contribution in [0.1, 0.15) is 57.9 Å². The van der Waals surface area contributed by atoms with Gasteiger partial charge in [0.2, 0.25) is 5.91 Å². The lowest BCUT2D eigenvalue weighted by Gasteiger charge is -2.25. The Balaban J connectivity index is 2.46. The molecule has 0 bridgehead atoms. The van der Waals surface area contributed by atoms with E-state index in [0.29, 0.717) is 12.6 Å². The number of hydrogen-bond donors (Lipinski definition) is 2. The van der Waals surface area contributed by atoms with Crippen molar-refractivity contribution in [3.63, 3.8) is 0 Å². The number of thiophene rings is 1. The van der Waals surface area contributed by atoms with E-state index in [0.717, 1.165) is 19.3 Å². The summed E-state index contributed by atoms with van der Waals surface area (Å²) in [6.45, 7) is 8.73. The zero-order chi connectivity index (χ0) is 14.3. The molecule has 0 aliphatic heterocycles. The molecule has 0 fully saturated rings. The molecule has 0 radical (unpaired) electrons. The summed E-state index contributed by atoms with van der Waals surface area (Å²) in [5.74, 6) is 0.0736. The van der Waals surface area contributed by atoms with Crippen molar-refractivity contribution in [3.8, 4) is 0 Å². The van der Waals surface area contributed by atoms with Crippen LogP contribution in [0.5, 0.6) is 0 Å². The molecule has 1 amide bonds. The molecule has 0 saturated heterocycles. The highest BCUT2D eigenvalue weighted by Crippen LogP contribution is 2.22. The van der Waals surface area contributed by atoms with Crippen LogP contribution in [0, 0.1) is 0 Å². The zero-order valence-electron chi connectivity index (χ0n) is 12.5. The first-order valence-electron chi connectivity index (χ1n) is 7.06. The Labute approximate surface area is 120 Å². The van der Waals surface area contributed by atoms with E-state index in [1.54, 1.807) is 11.3 Å². The quantitative estimate of drug-likeness (QED) is 0.766. The average Bonchev–Trinajstić information content (AvgIpc) is 2.87. The average molecular weight is 282 g/mol. The second-order valence-electron chi connectivity index (χ2n) is 5.52. The molecule has 1 unspecified atom stereocenters. The van der Waals surface area contributed by atoms with E-state index in [-0.39, 0.29) is 11.4 Å². The van der Waals surface area contributed by atoms with Gasteiger partial charge in [-0.2, -0.15) is 0 Å². The first kappa shape index (κ1) is 16.2. The predicted octanol–water partition coefficient (Wildman–Crippen LogP) is 3.48. The van der Waals surface area contributed by atoms with Gasteiger partial charge < -0.3 is 10.6 Å². The third kappa shape index (κ3) is 5.74. The summed E-state index contributed by atoms with van der Waals surface area (Å²) in [6, 6.07) is 4.48. The van der Waals surface area contributed by atoms with Gasteiger partial charge in [0.05, 0.1) is 6.54 Å². The Morgan fingerprint density at radius 1 is 1.42 bits per heavy atom. The van der Waals surface area contributed by atoms with E-state index in [9.17, 15) is 4.79 Å². The molecule has 1 aromatic heterocycles. The van der Waals surface area contributed by atoms with Crippen molar-refractivity contribution in [2.75, 3.05) is 6.54 Å². The topological polar surface area (TPSA) is 41.1 Å². The van der Waals surface area contributed by atoms with Gasteiger partial charge in [0.15, 0.2) is 0 Å². The number of hydrogen-bond acceptors (Lipinski definition) is 3. The maximum Gasteiger partial charge on any atom is 0.234 e. The standard InChI is InChI=1S/C15H26N2OS/c1-5-8-12(13-9-7-10-19-13)16-11-14(18)17-15(3,4)6-2/h7,9-10,12,16H,5-6,8,11H2,1-4H3,(H,17,18). The van der Waals surface area contributed by atoms with E-state index < -0.39 is 0 Å². The lowest BCUT2D eigenvalue weighted by molar-refractivity contribution is -0.122. The number of nitrogens with one attached hydrogen (secondary N) is 2. The van der Waals surface area contributed by atoms with E-state index in [4.69, 9.17) is 0 Å². The van der Waals surface area contributed by atoms with Crippen molar-refractivity contribution in [3.05, 3.63) is 22.4 Å². The third-order valence-electron chi connectivity index (χ3n) is 3.33. The molecule has 0 aliphatic carbocycles. The predicted molar refractivity (Wildman–Crippen MR) is 82.5 cm³/mol. The smallest absolute Gasteiger partial charge is 0.234 e. The Bertz CT molecular complexity index is 374. The van der Waals surface area contributed by atoms with Crippen molar-refractivity contribution >= 4 is 17.2 Å². The highest BCUT2D eigenvalue weighted by Gasteiger charge is 2.19. The van der Waals surface area contributed by atoms with Crippen molar-refractivity contribution in [2.24, 2.45) is 0 Å². The number of amides is 1. The van der Waals surface area contributed by atoms with Gasteiger partial charge in [-0.05, 0) is 38.1 Å². The minimum absolute atomic E-state index is 0.0736. The van der Waals surface area contributed by atoms with Gasteiger partial charge in [-0.1, -0.05) is 26.3 Å². The Morgan fingerprint density at radius 3 is 2.68 bits per heavy atom. The van der Waals surface area contributed by atoms with Gasteiger partial charge in [0.25, 0.3) is 0 Å². The molecule has 1 aromatic rings. The largest absolute Gasteiger partial charge is 0.350 e. The zero-order valence-corrected chi connectivity index (χ0v) is 13.3. The van der Waals surface area contributed by atoms with E-state index in [1.165, 1.54) is 4.88 Å². The van der Waals surface area contributed by atoms with E-state index in [2.05, 4.69) is 42.0 Å². The molecular weight excluding hydrogens is 256 g/mol. The minimum Gasteiger partial charge on any atom is -0.350 e. The van der Waals surface area contributed by atoms with Crippen LogP contribution >= 0.6 is 11.3 Å². The van der Waals surface area contributed by atoms with Crippen LogP contribution < -0.4 is 10.6 Å². The molecular formula is C15H26N2OS. The van der Waals surface area contributed by atoms with Crippen LogP contribution in [0.3, 0.4) is 0 Å². The van der Waals surface area contributed by atoms with Gasteiger partial charge in [0, 0.05) is 16.5 Å². The highest BCUT2D eigenvalue weighted by molar-refractivity contribution is 7.10. The fourth-order valence-electron chi connectivity index (χ4n) is 1.85. The van der Waals surface area contributed by atoms with E-state index >= 15 is 0 Å². The normalized spacial score (nSPS) is 13.3. The van der Waals surface area contributed by atoms with Crippen LogP contribution in [0.4, 0.5) is 0 Å². The molecule has 3 nitrogen and oxygen atoms in total. The summed E-state index contributed by atoms with van der Waals surface area (Å²) < 4.78 is 0. The first-order chi connectivity index (χ1) is 8.98. The first-order valence-corrected chi connectivity index (χ1v) is 7.94. The van der Waals surface area contributed by atoms with E-state index in [1.807, 2.05) is 13.8 Å². The Hall–Kier alpha value is -0.870. The SMILES string of the molecule is CCCC(NCC(=O)NC(C)(C)CC)c1cccs1. The van der Waals surface area contributed by atoms with Crippen LogP contribution in [-0.4, -0.2) is 18.0 Å². The van der Waals surface area contributed by atoms with Crippen LogP contribution in [0.15, 0.2) is 17.5 Å². The van der Waals surface area contributed by atoms with Crippen LogP contribution in [0.25, 0.3) is 0 Å². The summed E-state index contributed by atoms with van der Waals surface area (Å²) in [6.07, 6.45) is 3.10. The molecule has 4 heteroatoms. The minimum atomic E-state index is -0.123. The Kier molecular flexibility index (Phi) is 6.52. The maximum absolute atomic E-state index is 11.9. The summed E-state index contributed by atoms with van der Waals surface area (Å²) in [4.78, 5) is 13.2. The summed E-state index contributed by atoms with van der Waals surface area (Å²) in [7, 11) is 0. The van der Waals surface area contributed by atoms with Gasteiger partial charge in [-0.3, -0.25) is 4.79 Å². The second kappa shape index (κ2) is 7.65. The lowest BCUT2D eigenvalue weighted by Crippen LogP contribution is -2.46. The summed E-state index contributed by atoms with van der Waals surface area (Å²) >= 11 is 1.75. The van der Waals surface area contributed by atoms with Crippen molar-refractivity contribution < 1.29 is 4.79 Å². The van der Waals surface area contributed by atoms with Gasteiger partial charge >= 0.3 is 0 Å². The molecule has 0 spiro atoms. The maximum atomic E-state index is 11.9. The fraction of sp³-hybridized carbons (Fsp3) is 0.667. The Morgan fingerprint density at radius 2 is 2.16 bits per heavy atom. The summed E-state index contributed by atoms with van der Waals surface area (Å²) in [5, 5.41) is 8.50. The van der Waals surface area contributed by atoms with Crippen molar-refractivity contribution in [1.29, 1.82) is 0 Å². The number of carbonyl (C=O) groups is 1. The van der Waals surface area contributed by atoms with Crippen molar-refractivity contribution in [2.45, 2.75) is 58.5 Å². The molecule has 0 saturated carbocycles. The molecule has 0 aromatic carbocycles.